The van der Waals surface area contributed by atoms with Crippen molar-refractivity contribution in [2.45, 2.75) is 38.6 Å². The first-order valence-corrected chi connectivity index (χ1v) is 6.56. The van der Waals surface area contributed by atoms with Crippen LogP contribution in [0.4, 0.5) is 4.39 Å². The number of benzene rings is 1. The van der Waals surface area contributed by atoms with Crippen molar-refractivity contribution in [1.82, 2.24) is 0 Å². The Morgan fingerprint density at radius 1 is 1.53 bits per heavy atom. The standard InChI is InChI=1S/C13H17BrFNO/c1-2-3-4-12(16)13(17)8-9-5-6-11(15)10(14)7-9/h5-7,12H,2-4,8,16H2,1H3. The first-order valence-electron chi connectivity index (χ1n) is 5.76. The van der Waals surface area contributed by atoms with Gasteiger partial charge in [-0.25, -0.2) is 4.39 Å². The summed E-state index contributed by atoms with van der Waals surface area (Å²) in [5, 5.41) is 0. The fourth-order valence-corrected chi connectivity index (χ4v) is 1.99. The zero-order chi connectivity index (χ0) is 12.8. The minimum Gasteiger partial charge on any atom is -0.321 e. The number of hydrogen-bond acceptors (Lipinski definition) is 2. The maximum Gasteiger partial charge on any atom is 0.153 e. The van der Waals surface area contributed by atoms with Crippen molar-refractivity contribution in [3.8, 4) is 0 Å². The molecule has 0 saturated heterocycles. The number of carbonyl (C=O) groups excluding carboxylic acids is 1. The lowest BCUT2D eigenvalue weighted by Gasteiger charge is -2.10. The van der Waals surface area contributed by atoms with Crippen LogP contribution >= 0.6 is 15.9 Å². The molecule has 0 aromatic heterocycles. The second-order valence-corrected chi connectivity index (χ2v) is 4.99. The lowest BCUT2D eigenvalue weighted by molar-refractivity contribution is -0.119. The molecule has 0 amide bonds. The van der Waals surface area contributed by atoms with E-state index in [1.165, 1.54) is 6.07 Å². The number of halogens is 2. The third-order valence-electron chi connectivity index (χ3n) is 2.64. The third-order valence-corrected chi connectivity index (χ3v) is 3.25. The van der Waals surface area contributed by atoms with Gasteiger partial charge in [0.1, 0.15) is 5.82 Å². The third kappa shape index (κ3) is 4.56. The van der Waals surface area contributed by atoms with Crippen LogP contribution in [0.15, 0.2) is 22.7 Å². The molecule has 0 spiro atoms. The summed E-state index contributed by atoms with van der Waals surface area (Å²) in [4.78, 5) is 11.8. The molecule has 2 N–H and O–H groups in total. The molecule has 0 radical (unpaired) electrons. The predicted octanol–water partition coefficient (Wildman–Crippen LogP) is 3.22. The molecule has 4 heteroatoms. The maximum absolute atomic E-state index is 13.0. The number of nitrogens with two attached hydrogens (primary N) is 1. The minimum atomic E-state index is -0.404. The van der Waals surface area contributed by atoms with Gasteiger partial charge in [-0.15, -0.1) is 0 Å². The highest BCUT2D eigenvalue weighted by molar-refractivity contribution is 9.10. The Kier molecular flexibility index (Phi) is 5.78. The van der Waals surface area contributed by atoms with Gasteiger partial charge in [-0.1, -0.05) is 25.8 Å². The molecule has 1 rings (SSSR count). The molecule has 0 aliphatic carbocycles. The van der Waals surface area contributed by atoms with Crippen LogP contribution in [0.25, 0.3) is 0 Å². The number of Topliss-reactive ketones (excluding diaryl/α,β-unsaturated/α-hetero) is 1. The monoisotopic (exact) mass is 301 g/mol. The molecule has 0 aliphatic rings. The van der Waals surface area contributed by atoms with Crippen molar-refractivity contribution in [1.29, 1.82) is 0 Å². The Bertz CT molecular complexity index is 395. The smallest absolute Gasteiger partial charge is 0.153 e. The second-order valence-electron chi connectivity index (χ2n) is 4.14. The molecule has 1 atom stereocenters. The second kappa shape index (κ2) is 6.87. The van der Waals surface area contributed by atoms with Crippen LogP contribution in [-0.4, -0.2) is 11.8 Å². The highest BCUT2D eigenvalue weighted by atomic mass is 79.9. The van der Waals surface area contributed by atoms with E-state index in [9.17, 15) is 9.18 Å². The Morgan fingerprint density at radius 3 is 2.82 bits per heavy atom. The van der Waals surface area contributed by atoms with Gasteiger partial charge >= 0.3 is 0 Å². The Labute approximate surface area is 110 Å². The van der Waals surface area contributed by atoms with Gasteiger partial charge in [-0.3, -0.25) is 4.79 Å². The average Bonchev–Trinajstić information content (AvgIpc) is 2.30. The normalized spacial score (nSPS) is 12.5. The molecule has 17 heavy (non-hydrogen) atoms. The molecular weight excluding hydrogens is 285 g/mol. The van der Waals surface area contributed by atoms with E-state index in [4.69, 9.17) is 5.73 Å². The van der Waals surface area contributed by atoms with E-state index in [1.54, 1.807) is 12.1 Å². The molecule has 0 aliphatic heterocycles. The van der Waals surface area contributed by atoms with Crippen LogP contribution in [0.3, 0.4) is 0 Å². The van der Waals surface area contributed by atoms with Crippen molar-refractivity contribution in [3.05, 3.63) is 34.1 Å². The first-order chi connectivity index (χ1) is 8.04. The molecule has 1 aromatic rings. The first kappa shape index (κ1) is 14.3. The lowest BCUT2D eigenvalue weighted by Crippen LogP contribution is -2.31. The number of hydrogen-bond donors (Lipinski definition) is 1. The Morgan fingerprint density at radius 2 is 2.24 bits per heavy atom. The van der Waals surface area contributed by atoms with Gasteiger partial charge in [0.05, 0.1) is 10.5 Å². The van der Waals surface area contributed by atoms with E-state index in [0.717, 1.165) is 24.8 Å². The molecule has 1 unspecified atom stereocenters. The van der Waals surface area contributed by atoms with Gasteiger partial charge in [-0.2, -0.15) is 0 Å². The lowest BCUT2D eigenvalue weighted by atomic mass is 10.0. The van der Waals surface area contributed by atoms with Crippen molar-refractivity contribution >= 4 is 21.7 Å². The summed E-state index contributed by atoms with van der Waals surface area (Å²) < 4.78 is 13.4. The van der Waals surface area contributed by atoms with Crippen LogP contribution < -0.4 is 5.73 Å². The van der Waals surface area contributed by atoms with E-state index in [0.29, 0.717) is 4.47 Å². The maximum atomic E-state index is 13.0. The van der Waals surface area contributed by atoms with E-state index < -0.39 is 6.04 Å². The zero-order valence-electron chi connectivity index (χ0n) is 9.88. The van der Waals surface area contributed by atoms with Gasteiger partial charge in [0.15, 0.2) is 5.78 Å². The predicted molar refractivity (Wildman–Crippen MR) is 70.3 cm³/mol. The summed E-state index contributed by atoms with van der Waals surface area (Å²) >= 11 is 3.10. The number of ketones is 1. The summed E-state index contributed by atoms with van der Waals surface area (Å²) in [6.07, 6.45) is 2.98. The minimum absolute atomic E-state index is 0.0111. The SMILES string of the molecule is CCCCC(N)C(=O)Cc1ccc(F)c(Br)c1. The molecule has 0 fully saturated rings. The fourth-order valence-electron chi connectivity index (χ4n) is 1.57. The molecule has 94 valence electrons. The van der Waals surface area contributed by atoms with Gasteiger partial charge in [-0.05, 0) is 40.0 Å². The number of rotatable bonds is 6. The largest absolute Gasteiger partial charge is 0.321 e. The summed E-state index contributed by atoms with van der Waals surface area (Å²) in [5.74, 6) is -0.312. The quantitative estimate of drug-likeness (QED) is 0.877. The van der Waals surface area contributed by atoms with Crippen LogP contribution in [0.5, 0.6) is 0 Å². The van der Waals surface area contributed by atoms with Crippen molar-refractivity contribution in [2.75, 3.05) is 0 Å². The Balaban J connectivity index is 2.58. The summed E-state index contributed by atoms with van der Waals surface area (Å²) in [6.45, 7) is 2.06. The molecule has 0 saturated carbocycles. The summed E-state index contributed by atoms with van der Waals surface area (Å²) in [7, 11) is 0. The molecule has 0 heterocycles. The van der Waals surface area contributed by atoms with Crippen LogP contribution in [0.2, 0.25) is 0 Å². The van der Waals surface area contributed by atoms with E-state index in [-0.39, 0.29) is 18.0 Å². The van der Waals surface area contributed by atoms with E-state index >= 15 is 0 Å². The Hall–Kier alpha value is -0.740. The van der Waals surface area contributed by atoms with Gasteiger partial charge in [0, 0.05) is 6.42 Å². The van der Waals surface area contributed by atoms with Crippen LogP contribution in [0.1, 0.15) is 31.7 Å². The van der Waals surface area contributed by atoms with Crippen molar-refractivity contribution in [2.24, 2.45) is 5.73 Å². The zero-order valence-corrected chi connectivity index (χ0v) is 11.5. The van der Waals surface area contributed by atoms with Gasteiger partial charge in [0.2, 0.25) is 0 Å². The number of unbranched alkanes of at least 4 members (excludes halogenated alkanes) is 1. The van der Waals surface area contributed by atoms with Crippen molar-refractivity contribution in [3.63, 3.8) is 0 Å². The van der Waals surface area contributed by atoms with Gasteiger partial charge in [0.25, 0.3) is 0 Å². The summed E-state index contributed by atoms with van der Waals surface area (Å²) in [5.41, 5.74) is 6.57. The van der Waals surface area contributed by atoms with Crippen LogP contribution in [0, 0.1) is 5.82 Å². The highest BCUT2D eigenvalue weighted by Gasteiger charge is 2.13. The topological polar surface area (TPSA) is 43.1 Å². The van der Waals surface area contributed by atoms with E-state index in [1.807, 2.05) is 0 Å². The number of carbonyl (C=O) groups is 1. The van der Waals surface area contributed by atoms with Crippen LogP contribution in [-0.2, 0) is 11.2 Å². The highest BCUT2D eigenvalue weighted by Crippen LogP contribution is 2.17. The molecule has 2 nitrogen and oxygen atoms in total. The van der Waals surface area contributed by atoms with Gasteiger partial charge < -0.3 is 5.73 Å². The molecule has 1 aromatic carbocycles. The molecule has 0 bridgehead atoms. The summed E-state index contributed by atoms with van der Waals surface area (Å²) in [6, 6.07) is 4.19. The molecular formula is C13H17BrFNO. The average molecular weight is 302 g/mol. The van der Waals surface area contributed by atoms with Crippen molar-refractivity contribution < 1.29 is 9.18 Å². The van der Waals surface area contributed by atoms with E-state index in [2.05, 4.69) is 22.9 Å². The fraction of sp³-hybridized carbons (Fsp3) is 0.462.